The van der Waals surface area contributed by atoms with Crippen molar-refractivity contribution in [3.05, 3.63) is 58.9 Å². The van der Waals surface area contributed by atoms with Crippen LogP contribution in [-0.2, 0) is 11.8 Å². The summed E-state index contributed by atoms with van der Waals surface area (Å²) in [5.41, 5.74) is 4.45. The van der Waals surface area contributed by atoms with E-state index in [1.165, 1.54) is 17.8 Å². The van der Waals surface area contributed by atoms with E-state index in [9.17, 15) is 9.18 Å². The number of anilines is 1. The van der Waals surface area contributed by atoms with Crippen molar-refractivity contribution < 1.29 is 9.18 Å². The topological polar surface area (TPSA) is 59.8 Å². The van der Waals surface area contributed by atoms with Gasteiger partial charge in [0.15, 0.2) is 11.0 Å². The van der Waals surface area contributed by atoms with Crippen LogP contribution in [0.5, 0.6) is 0 Å². The summed E-state index contributed by atoms with van der Waals surface area (Å²) in [7, 11) is 1.77. The molecular formula is C21H23FN4OS. The van der Waals surface area contributed by atoms with Gasteiger partial charge in [-0.15, -0.1) is 10.2 Å². The standard InChI is InChI=1S/C21H23FN4OS/c1-12-10-13(2)18(14(3)11-12)23-20(27)15(4)28-21-25-24-19(26(21)5)16-8-6-7-9-17(16)22/h6-11,15H,1-5H3,(H,23,27). The van der Waals surface area contributed by atoms with E-state index in [0.717, 1.165) is 22.4 Å². The Kier molecular flexibility index (Phi) is 5.84. The number of benzene rings is 2. The number of carbonyl (C=O) groups is 1. The van der Waals surface area contributed by atoms with Gasteiger partial charge in [-0.05, 0) is 51.0 Å². The minimum atomic E-state index is -0.392. The molecular weight excluding hydrogens is 375 g/mol. The van der Waals surface area contributed by atoms with Gasteiger partial charge in [-0.1, -0.05) is 41.6 Å². The van der Waals surface area contributed by atoms with E-state index in [4.69, 9.17) is 0 Å². The molecule has 1 atom stereocenters. The van der Waals surface area contributed by atoms with Crippen LogP contribution in [0.2, 0.25) is 0 Å². The molecule has 0 radical (unpaired) electrons. The Balaban J connectivity index is 1.76. The fraction of sp³-hybridized carbons (Fsp3) is 0.286. The van der Waals surface area contributed by atoms with Crippen molar-refractivity contribution in [2.45, 2.75) is 38.1 Å². The number of carbonyl (C=O) groups excluding carboxylic acids is 1. The fourth-order valence-electron chi connectivity index (χ4n) is 3.11. The molecule has 0 aliphatic carbocycles. The van der Waals surface area contributed by atoms with Crippen LogP contribution >= 0.6 is 11.8 Å². The molecule has 0 bridgehead atoms. The summed E-state index contributed by atoms with van der Waals surface area (Å²) in [4.78, 5) is 12.7. The van der Waals surface area contributed by atoms with Crippen molar-refractivity contribution in [2.75, 3.05) is 5.32 Å². The Bertz CT molecular complexity index is 1010. The second-order valence-electron chi connectivity index (χ2n) is 6.87. The number of nitrogens with one attached hydrogen (secondary N) is 1. The zero-order valence-corrected chi connectivity index (χ0v) is 17.4. The van der Waals surface area contributed by atoms with Crippen molar-refractivity contribution >= 4 is 23.4 Å². The molecule has 2 aromatic carbocycles. The third kappa shape index (κ3) is 4.09. The summed E-state index contributed by atoms with van der Waals surface area (Å²) in [5, 5.41) is 11.4. The third-order valence-electron chi connectivity index (χ3n) is 4.53. The molecule has 3 aromatic rings. The largest absolute Gasteiger partial charge is 0.325 e. The smallest absolute Gasteiger partial charge is 0.237 e. The molecule has 1 N–H and O–H groups in total. The summed E-state index contributed by atoms with van der Waals surface area (Å²) in [6.45, 7) is 7.81. The van der Waals surface area contributed by atoms with Crippen LogP contribution in [0.15, 0.2) is 41.6 Å². The van der Waals surface area contributed by atoms with E-state index in [1.807, 2.05) is 39.8 Å². The van der Waals surface area contributed by atoms with E-state index in [2.05, 4.69) is 15.5 Å². The van der Waals surface area contributed by atoms with Gasteiger partial charge in [-0.25, -0.2) is 4.39 Å². The molecule has 1 aromatic heterocycles. The van der Waals surface area contributed by atoms with E-state index in [1.54, 1.807) is 29.8 Å². The first kappa shape index (κ1) is 20.1. The van der Waals surface area contributed by atoms with E-state index < -0.39 is 5.25 Å². The summed E-state index contributed by atoms with van der Waals surface area (Å²) >= 11 is 1.29. The molecule has 1 heterocycles. The van der Waals surface area contributed by atoms with Crippen molar-refractivity contribution in [2.24, 2.45) is 7.05 Å². The molecule has 3 rings (SSSR count). The van der Waals surface area contributed by atoms with Gasteiger partial charge in [0.1, 0.15) is 5.82 Å². The SMILES string of the molecule is Cc1cc(C)c(NC(=O)C(C)Sc2nnc(-c3ccccc3F)n2C)c(C)c1. The maximum atomic E-state index is 14.0. The van der Waals surface area contributed by atoms with Crippen molar-refractivity contribution in [3.8, 4) is 11.4 Å². The van der Waals surface area contributed by atoms with Crippen LogP contribution in [0.1, 0.15) is 23.6 Å². The number of thioether (sulfide) groups is 1. The first-order chi connectivity index (χ1) is 13.3. The number of nitrogens with zero attached hydrogens (tertiary/aromatic N) is 3. The molecule has 0 fully saturated rings. The average Bonchev–Trinajstić information content (AvgIpc) is 2.98. The minimum absolute atomic E-state index is 0.115. The maximum Gasteiger partial charge on any atom is 0.237 e. The normalized spacial score (nSPS) is 12.1. The zero-order chi connectivity index (χ0) is 20.4. The van der Waals surface area contributed by atoms with Crippen LogP contribution in [0.3, 0.4) is 0 Å². The van der Waals surface area contributed by atoms with Crippen LogP contribution in [-0.4, -0.2) is 25.9 Å². The van der Waals surface area contributed by atoms with Crippen LogP contribution in [0, 0.1) is 26.6 Å². The molecule has 5 nitrogen and oxygen atoms in total. The minimum Gasteiger partial charge on any atom is -0.325 e. The second kappa shape index (κ2) is 8.14. The monoisotopic (exact) mass is 398 g/mol. The lowest BCUT2D eigenvalue weighted by molar-refractivity contribution is -0.115. The summed E-state index contributed by atoms with van der Waals surface area (Å²) in [5.74, 6) is -0.0420. The Labute approximate surface area is 168 Å². The molecule has 1 unspecified atom stereocenters. The van der Waals surface area contributed by atoms with Gasteiger partial charge >= 0.3 is 0 Å². The summed E-state index contributed by atoms with van der Waals surface area (Å²) in [6.07, 6.45) is 0. The van der Waals surface area contributed by atoms with E-state index in [-0.39, 0.29) is 11.7 Å². The van der Waals surface area contributed by atoms with Crippen molar-refractivity contribution in [1.29, 1.82) is 0 Å². The Hall–Kier alpha value is -2.67. The van der Waals surface area contributed by atoms with Gasteiger partial charge < -0.3 is 9.88 Å². The lowest BCUT2D eigenvalue weighted by Crippen LogP contribution is -2.23. The predicted octanol–water partition coefficient (Wildman–Crippen LogP) is 4.67. The Morgan fingerprint density at radius 3 is 2.43 bits per heavy atom. The molecule has 0 spiro atoms. The number of rotatable bonds is 5. The zero-order valence-electron chi connectivity index (χ0n) is 16.6. The van der Waals surface area contributed by atoms with Gasteiger partial charge in [0.05, 0.1) is 10.8 Å². The molecule has 146 valence electrons. The molecule has 0 aliphatic rings. The molecule has 7 heteroatoms. The van der Waals surface area contributed by atoms with E-state index >= 15 is 0 Å². The molecule has 28 heavy (non-hydrogen) atoms. The fourth-order valence-corrected chi connectivity index (χ4v) is 3.92. The highest BCUT2D eigenvalue weighted by molar-refractivity contribution is 8.00. The highest BCUT2D eigenvalue weighted by Crippen LogP contribution is 2.28. The summed E-state index contributed by atoms with van der Waals surface area (Å²) < 4.78 is 15.8. The number of hydrogen-bond donors (Lipinski definition) is 1. The molecule has 0 aliphatic heterocycles. The first-order valence-corrected chi connectivity index (χ1v) is 9.85. The number of aryl methyl sites for hydroxylation is 3. The first-order valence-electron chi connectivity index (χ1n) is 8.97. The van der Waals surface area contributed by atoms with Gasteiger partial charge in [-0.3, -0.25) is 4.79 Å². The summed E-state index contributed by atoms with van der Waals surface area (Å²) in [6, 6.07) is 10.5. The quantitative estimate of drug-likeness (QED) is 0.635. The van der Waals surface area contributed by atoms with Gasteiger partial charge in [0.2, 0.25) is 5.91 Å². The Morgan fingerprint density at radius 2 is 1.79 bits per heavy atom. The van der Waals surface area contributed by atoms with Crippen LogP contribution in [0.4, 0.5) is 10.1 Å². The third-order valence-corrected chi connectivity index (χ3v) is 5.66. The molecule has 1 amide bonds. The van der Waals surface area contributed by atoms with Gasteiger partial charge in [0, 0.05) is 12.7 Å². The van der Waals surface area contributed by atoms with Gasteiger partial charge in [0.25, 0.3) is 0 Å². The number of amides is 1. The van der Waals surface area contributed by atoms with Crippen LogP contribution < -0.4 is 5.32 Å². The van der Waals surface area contributed by atoms with Crippen LogP contribution in [0.25, 0.3) is 11.4 Å². The molecule has 0 saturated heterocycles. The molecule has 0 saturated carbocycles. The lowest BCUT2D eigenvalue weighted by Gasteiger charge is -2.16. The second-order valence-corrected chi connectivity index (χ2v) is 8.18. The van der Waals surface area contributed by atoms with Crippen molar-refractivity contribution in [1.82, 2.24) is 14.8 Å². The highest BCUT2D eigenvalue weighted by atomic mass is 32.2. The predicted molar refractivity (Wildman–Crippen MR) is 111 cm³/mol. The Morgan fingerprint density at radius 1 is 1.14 bits per heavy atom. The number of hydrogen-bond acceptors (Lipinski definition) is 4. The van der Waals surface area contributed by atoms with Gasteiger partial charge in [-0.2, -0.15) is 0 Å². The highest BCUT2D eigenvalue weighted by Gasteiger charge is 2.21. The average molecular weight is 399 g/mol. The maximum absolute atomic E-state index is 14.0. The van der Waals surface area contributed by atoms with Crippen molar-refractivity contribution in [3.63, 3.8) is 0 Å². The number of halogens is 1. The lowest BCUT2D eigenvalue weighted by atomic mass is 10.1. The van der Waals surface area contributed by atoms with E-state index in [0.29, 0.717) is 16.5 Å². The number of aromatic nitrogens is 3.